The maximum atomic E-state index is 5.53. The first-order valence-corrected chi connectivity index (χ1v) is 9.20. The molecule has 0 aliphatic heterocycles. The zero-order valence-corrected chi connectivity index (χ0v) is 15.5. The molecule has 130 valence electrons. The van der Waals surface area contributed by atoms with Gasteiger partial charge < -0.3 is 14.4 Å². The van der Waals surface area contributed by atoms with Crippen LogP contribution in [-0.4, -0.2) is 31.2 Å². The highest BCUT2D eigenvalue weighted by atomic mass is 32.1. The fourth-order valence-electron chi connectivity index (χ4n) is 3.51. The topological polar surface area (TPSA) is 47.5 Å². The fourth-order valence-corrected chi connectivity index (χ4v) is 4.74. The summed E-state index contributed by atoms with van der Waals surface area (Å²) in [5.41, 5.74) is 2.55. The first-order chi connectivity index (χ1) is 12.2. The van der Waals surface area contributed by atoms with E-state index in [0.717, 1.165) is 34.1 Å². The molecule has 4 rings (SSSR count). The van der Waals surface area contributed by atoms with E-state index in [1.165, 1.54) is 28.7 Å². The van der Waals surface area contributed by atoms with E-state index < -0.39 is 0 Å². The number of hydrogen-bond donors (Lipinski definition) is 0. The van der Waals surface area contributed by atoms with Gasteiger partial charge in [0.05, 0.1) is 19.6 Å². The second-order valence-electron chi connectivity index (χ2n) is 6.27. The molecule has 3 aromatic rings. The van der Waals surface area contributed by atoms with Gasteiger partial charge in [0, 0.05) is 30.1 Å². The highest BCUT2D eigenvalue weighted by Gasteiger charge is 2.23. The Hall–Kier alpha value is -2.34. The number of methoxy groups -OCH3 is 2. The molecule has 1 aromatic carbocycles. The van der Waals surface area contributed by atoms with Gasteiger partial charge in [0.2, 0.25) is 0 Å². The van der Waals surface area contributed by atoms with Crippen LogP contribution in [0.4, 0.5) is 5.82 Å². The van der Waals surface area contributed by atoms with Crippen LogP contribution in [0.2, 0.25) is 0 Å². The molecule has 6 heteroatoms. The van der Waals surface area contributed by atoms with Crippen molar-refractivity contribution in [3.05, 3.63) is 40.5 Å². The average Bonchev–Trinajstić information content (AvgIpc) is 3.22. The molecule has 2 aromatic heterocycles. The summed E-state index contributed by atoms with van der Waals surface area (Å²) < 4.78 is 10.8. The van der Waals surface area contributed by atoms with E-state index in [2.05, 4.69) is 21.9 Å². The van der Waals surface area contributed by atoms with E-state index in [4.69, 9.17) is 9.47 Å². The van der Waals surface area contributed by atoms with Crippen molar-refractivity contribution in [2.75, 3.05) is 26.2 Å². The molecule has 0 saturated carbocycles. The molecule has 0 spiro atoms. The van der Waals surface area contributed by atoms with Gasteiger partial charge in [-0.25, -0.2) is 9.97 Å². The maximum Gasteiger partial charge on any atom is 0.141 e. The van der Waals surface area contributed by atoms with Gasteiger partial charge in [0.15, 0.2) is 0 Å². The Morgan fingerprint density at radius 3 is 2.84 bits per heavy atom. The number of aryl methyl sites for hydroxylation is 2. The molecular formula is C19H21N3O2S. The molecule has 0 radical (unpaired) electrons. The van der Waals surface area contributed by atoms with Gasteiger partial charge in [-0.05, 0) is 37.0 Å². The Bertz CT molecular complexity index is 922. The maximum absolute atomic E-state index is 5.53. The summed E-state index contributed by atoms with van der Waals surface area (Å²) in [6, 6.07) is 5.93. The van der Waals surface area contributed by atoms with E-state index in [9.17, 15) is 0 Å². The van der Waals surface area contributed by atoms with Gasteiger partial charge in [-0.2, -0.15) is 0 Å². The van der Waals surface area contributed by atoms with E-state index in [0.29, 0.717) is 6.54 Å². The van der Waals surface area contributed by atoms with Crippen LogP contribution in [0, 0.1) is 0 Å². The third kappa shape index (κ3) is 2.80. The smallest absolute Gasteiger partial charge is 0.141 e. The number of anilines is 1. The molecule has 0 atom stereocenters. The fraction of sp³-hybridized carbons (Fsp3) is 0.368. The number of fused-ring (bicyclic) bond motifs is 3. The number of thiophene rings is 1. The third-order valence-corrected chi connectivity index (χ3v) is 5.94. The summed E-state index contributed by atoms with van der Waals surface area (Å²) in [6.45, 7) is 0.712. The van der Waals surface area contributed by atoms with Gasteiger partial charge in [-0.15, -0.1) is 11.3 Å². The lowest BCUT2D eigenvalue weighted by Crippen LogP contribution is -2.18. The van der Waals surface area contributed by atoms with E-state index in [1.54, 1.807) is 20.5 Å². The molecule has 0 saturated heterocycles. The van der Waals surface area contributed by atoms with Gasteiger partial charge >= 0.3 is 0 Å². The van der Waals surface area contributed by atoms with E-state index in [-0.39, 0.29) is 0 Å². The molecule has 0 N–H and O–H groups in total. The molecule has 5 nitrogen and oxygen atoms in total. The van der Waals surface area contributed by atoms with E-state index >= 15 is 0 Å². The largest absolute Gasteiger partial charge is 0.497 e. The van der Waals surface area contributed by atoms with Crippen molar-refractivity contribution in [1.29, 1.82) is 0 Å². The van der Waals surface area contributed by atoms with Crippen LogP contribution in [0.3, 0.4) is 0 Å². The summed E-state index contributed by atoms with van der Waals surface area (Å²) in [4.78, 5) is 13.8. The number of hydrogen-bond acceptors (Lipinski definition) is 6. The van der Waals surface area contributed by atoms with Crippen molar-refractivity contribution in [3.63, 3.8) is 0 Å². The highest BCUT2D eigenvalue weighted by Crippen LogP contribution is 2.40. The predicted octanol–water partition coefficient (Wildman–Crippen LogP) is 3.83. The second-order valence-corrected chi connectivity index (χ2v) is 7.35. The lowest BCUT2D eigenvalue weighted by molar-refractivity contribution is 0.391. The molecule has 25 heavy (non-hydrogen) atoms. The first kappa shape index (κ1) is 16.1. The molecule has 0 unspecified atom stereocenters. The monoisotopic (exact) mass is 355 g/mol. The highest BCUT2D eigenvalue weighted by molar-refractivity contribution is 7.19. The second kappa shape index (κ2) is 6.52. The average molecular weight is 355 g/mol. The summed E-state index contributed by atoms with van der Waals surface area (Å²) in [7, 11) is 5.42. The van der Waals surface area contributed by atoms with Gasteiger partial charge in [-0.1, -0.05) is 0 Å². The third-order valence-electron chi connectivity index (χ3n) is 4.74. The van der Waals surface area contributed by atoms with Crippen molar-refractivity contribution < 1.29 is 9.47 Å². The quantitative estimate of drug-likeness (QED) is 0.696. The Balaban J connectivity index is 1.70. The first-order valence-electron chi connectivity index (χ1n) is 8.38. The van der Waals surface area contributed by atoms with Crippen LogP contribution in [0.1, 0.15) is 22.4 Å². The molecule has 1 aliphatic carbocycles. The Labute approximate surface area is 151 Å². The zero-order valence-electron chi connectivity index (χ0n) is 14.7. The molecule has 1 aliphatic rings. The Morgan fingerprint density at radius 1 is 1.16 bits per heavy atom. The van der Waals surface area contributed by atoms with Gasteiger partial charge in [-0.3, -0.25) is 0 Å². The van der Waals surface area contributed by atoms with Crippen molar-refractivity contribution in [2.24, 2.45) is 0 Å². The molecule has 0 bridgehead atoms. The Kier molecular flexibility index (Phi) is 4.21. The predicted molar refractivity (Wildman–Crippen MR) is 101 cm³/mol. The lowest BCUT2D eigenvalue weighted by Gasteiger charge is -2.21. The van der Waals surface area contributed by atoms with Gasteiger partial charge in [0.25, 0.3) is 0 Å². The minimum Gasteiger partial charge on any atom is -0.497 e. The lowest BCUT2D eigenvalue weighted by atomic mass is 10.1. The summed E-state index contributed by atoms with van der Waals surface area (Å²) >= 11 is 1.82. The molecule has 2 heterocycles. The minimum absolute atomic E-state index is 0.712. The van der Waals surface area contributed by atoms with Crippen LogP contribution in [0.5, 0.6) is 11.5 Å². The number of ether oxygens (including phenoxy) is 2. The molecule has 0 fully saturated rings. The summed E-state index contributed by atoms with van der Waals surface area (Å²) in [5, 5.41) is 1.23. The van der Waals surface area contributed by atoms with Crippen LogP contribution in [0.25, 0.3) is 10.2 Å². The number of aromatic nitrogens is 2. The van der Waals surface area contributed by atoms with Crippen LogP contribution in [-0.2, 0) is 19.4 Å². The molecule has 0 amide bonds. The number of rotatable bonds is 5. The van der Waals surface area contributed by atoms with Crippen molar-refractivity contribution in [1.82, 2.24) is 9.97 Å². The van der Waals surface area contributed by atoms with Crippen molar-refractivity contribution >= 4 is 27.4 Å². The summed E-state index contributed by atoms with van der Waals surface area (Å²) in [5.74, 6) is 2.62. The molecular weight excluding hydrogens is 334 g/mol. The summed E-state index contributed by atoms with van der Waals surface area (Å²) in [6.07, 6.45) is 5.22. The number of nitrogens with zero attached hydrogens (tertiary/aromatic N) is 3. The minimum atomic E-state index is 0.712. The van der Waals surface area contributed by atoms with Crippen LogP contribution >= 0.6 is 11.3 Å². The van der Waals surface area contributed by atoms with Gasteiger partial charge in [0.1, 0.15) is 28.5 Å². The number of benzene rings is 1. The van der Waals surface area contributed by atoms with Crippen molar-refractivity contribution in [2.45, 2.75) is 25.8 Å². The normalized spacial score (nSPS) is 13.1. The zero-order chi connectivity index (χ0) is 17.4. The standard InChI is InChI=1S/C19H21N3O2S/c1-22(10-12-7-8-13(23-2)9-15(12)24-3)18-17-14-5-4-6-16(14)25-19(17)21-11-20-18/h7-9,11H,4-6,10H2,1-3H3. The van der Waals surface area contributed by atoms with Crippen LogP contribution in [0.15, 0.2) is 24.5 Å². The van der Waals surface area contributed by atoms with E-state index in [1.807, 2.05) is 29.5 Å². The van der Waals surface area contributed by atoms with Crippen LogP contribution < -0.4 is 14.4 Å². The van der Waals surface area contributed by atoms with Crippen molar-refractivity contribution in [3.8, 4) is 11.5 Å². The SMILES string of the molecule is COc1ccc(CN(C)c2ncnc3sc4c(c23)CCC4)c(OC)c1. The Morgan fingerprint density at radius 2 is 2.04 bits per heavy atom.